The Hall–Kier alpha value is -1.41. The molecule has 0 amide bonds. The van der Waals surface area contributed by atoms with Crippen molar-refractivity contribution in [2.75, 3.05) is 5.75 Å². The molecule has 0 aliphatic rings. The zero-order chi connectivity index (χ0) is 13.1. The number of carboxylic acid groups (broad SMARTS) is 1. The summed E-state index contributed by atoms with van der Waals surface area (Å²) in [4.78, 5) is 10.4. The van der Waals surface area contributed by atoms with E-state index in [1.807, 2.05) is 0 Å². The van der Waals surface area contributed by atoms with Crippen molar-refractivity contribution in [1.82, 2.24) is 10.2 Å². The summed E-state index contributed by atoms with van der Waals surface area (Å²) in [5, 5.41) is 15.9. The molecule has 2 rings (SSSR count). The number of nitrogens with zero attached hydrogens (tertiary/aromatic N) is 2. The van der Waals surface area contributed by atoms with Crippen LogP contribution in [0.1, 0.15) is 0 Å². The highest BCUT2D eigenvalue weighted by atomic mass is 79.9. The second-order valence-corrected chi connectivity index (χ2v) is 4.93. The maximum Gasteiger partial charge on any atom is 0.314 e. The highest BCUT2D eigenvalue weighted by molar-refractivity contribution is 9.10. The molecule has 0 saturated heterocycles. The van der Waals surface area contributed by atoms with Crippen LogP contribution in [0.5, 0.6) is 0 Å². The first-order valence-electron chi connectivity index (χ1n) is 4.70. The molecule has 0 spiro atoms. The lowest BCUT2D eigenvalue weighted by Crippen LogP contribution is -1.97. The van der Waals surface area contributed by atoms with Gasteiger partial charge in [-0.25, -0.2) is 4.39 Å². The maximum absolute atomic E-state index is 13.6. The average molecular weight is 333 g/mol. The Morgan fingerprint density at radius 2 is 2.28 bits per heavy atom. The van der Waals surface area contributed by atoms with Crippen LogP contribution in [0.25, 0.3) is 11.5 Å². The normalized spacial score (nSPS) is 10.6. The van der Waals surface area contributed by atoms with Gasteiger partial charge in [-0.2, -0.15) is 0 Å². The van der Waals surface area contributed by atoms with Gasteiger partial charge in [-0.1, -0.05) is 17.8 Å². The van der Waals surface area contributed by atoms with E-state index >= 15 is 0 Å². The van der Waals surface area contributed by atoms with Crippen molar-refractivity contribution in [2.45, 2.75) is 5.22 Å². The van der Waals surface area contributed by atoms with Gasteiger partial charge >= 0.3 is 5.97 Å². The molecule has 0 aliphatic carbocycles. The van der Waals surface area contributed by atoms with Crippen molar-refractivity contribution in [2.24, 2.45) is 0 Å². The summed E-state index contributed by atoms with van der Waals surface area (Å²) in [5.41, 5.74) is 0.159. The fourth-order valence-electron chi connectivity index (χ4n) is 1.19. The number of benzene rings is 1. The average Bonchev–Trinajstić information content (AvgIpc) is 2.75. The molecular weight excluding hydrogens is 327 g/mol. The SMILES string of the molecule is O=C(O)CSc1nnc(-c2c(F)cccc2Br)o1. The number of carbonyl (C=O) groups is 1. The molecule has 18 heavy (non-hydrogen) atoms. The first-order valence-corrected chi connectivity index (χ1v) is 6.48. The van der Waals surface area contributed by atoms with E-state index in [0.29, 0.717) is 4.47 Å². The van der Waals surface area contributed by atoms with Crippen molar-refractivity contribution < 1.29 is 18.7 Å². The Labute approximate surface area is 114 Å². The van der Waals surface area contributed by atoms with Gasteiger partial charge in [0.25, 0.3) is 11.1 Å². The van der Waals surface area contributed by atoms with Crippen LogP contribution in [-0.2, 0) is 4.79 Å². The van der Waals surface area contributed by atoms with Crippen molar-refractivity contribution in [3.8, 4) is 11.5 Å². The molecule has 0 bridgehead atoms. The first-order chi connectivity index (χ1) is 8.58. The highest BCUT2D eigenvalue weighted by Crippen LogP contribution is 2.31. The predicted molar refractivity (Wildman–Crippen MR) is 65.8 cm³/mol. The third-order valence-electron chi connectivity index (χ3n) is 1.90. The van der Waals surface area contributed by atoms with E-state index in [4.69, 9.17) is 9.52 Å². The van der Waals surface area contributed by atoms with E-state index in [-0.39, 0.29) is 22.4 Å². The van der Waals surface area contributed by atoms with Gasteiger partial charge in [-0.15, -0.1) is 10.2 Å². The van der Waals surface area contributed by atoms with Gasteiger partial charge in [0.05, 0.1) is 5.56 Å². The molecule has 1 aromatic carbocycles. The Morgan fingerprint density at radius 1 is 1.50 bits per heavy atom. The fraction of sp³-hybridized carbons (Fsp3) is 0.100. The molecule has 0 atom stereocenters. The van der Waals surface area contributed by atoms with Gasteiger partial charge in [0, 0.05) is 4.47 Å². The van der Waals surface area contributed by atoms with E-state index in [2.05, 4.69) is 26.1 Å². The Balaban J connectivity index is 2.27. The molecule has 0 aliphatic heterocycles. The lowest BCUT2D eigenvalue weighted by Gasteiger charge is -1.99. The number of carboxylic acids is 1. The van der Waals surface area contributed by atoms with Gasteiger partial charge in [-0.3, -0.25) is 4.79 Å². The van der Waals surface area contributed by atoms with Crippen LogP contribution in [0, 0.1) is 5.82 Å². The van der Waals surface area contributed by atoms with Gasteiger partial charge in [-0.05, 0) is 28.1 Å². The molecule has 0 saturated carbocycles. The molecule has 8 heteroatoms. The van der Waals surface area contributed by atoms with Crippen LogP contribution < -0.4 is 0 Å². The quantitative estimate of drug-likeness (QED) is 0.867. The summed E-state index contributed by atoms with van der Waals surface area (Å²) in [7, 11) is 0. The molecular formula is C10H6BrFN2O3S. The predicted octanol–water partition coefficient (Wildman–Crippen LogP) is 2.81. The molecule has 1 N–H and O–H groups in total. The summed E-state index contributed by atoms with van der Waals surface area (Å²) in [6, 6.07) is 4.46. The molecule has 0 unspecified atom stereocenters. The number of aromatic nitrogens is 2. The summed E-state index contributed by atoms with van der Waals surface area (Å²) in [6.07, 6.45) is 0. The van der Waals surface area contributed by atoms with Crippen LogP contribution in [0.15, 0.2) is 32.3 Å². The Bertz CT molecular complexity index is 570. The van der Waals surface area contributed by atoms with Crippen LogP contribution in [0.2, 0.25) is 0 Å². The second-order valence-electron chi connectivity index (χ2n) is 3.15. The molecule has 1 heterocycles. The zero-order valence-electron chi connectivity index (χ0n) is 8.76. The van der Waals surface area contributed by atoms with Crippen LogP contribution in [0.4, 0.5) is 4.39 Å². The minimum Gasteiger partial charge on any atom is -0.481 e. The van der Waals surface area contributed by atoms with E-state index in [0.717, 1.165) is 11.8 Å². The Morgan fingerprint density at radius 3 is 2.94 bits per heavy atom. The number of rotatable bonds is 4. The van der Waals surface area contributed by atoms with Crippen molar-refractivity contribution >= 4 is 33.7 Å². The minimum absolute atomic E-state index is 0.00728. The van der Waals surface area contributed by atoms with Crippen LogP contribution >= 0.6 is 27.7 Å². The first kappa shape index (κ1) is 13.0. The molecule has 2 aromatic rings. The standard InChI is InChI=1S/C10H6BrFN2O3S/c11-5-2-1-3-6(12)8(5)9-13-14-10(17-9)18-4-7(15)16/h1-3H,4H2,(H,15,16). The van der Waals surface area contributed by atoms with E-state index in [1.54, 1.807) is 12.1 Å². The minimum atomic E-state index is -0.994. The largest absolute Gasteiger partial charge is 0.481 e. The lowest BCUT2D eigenvalue weighted by atomic mass is 10.2. The van der Waals surface area contributed by atoms with Gasteiger partial charge in [0.2, 0.25) is 0 Å². The molecule has 5 nitrogen and oxygen atoms in total. The number of halogens is 2. The lowest BCUT2D eigenvalue weighted by molar-refractivity contribution is -0.133. The van der Waals surface area contributed by atoms with E-state index in [1.165, 1.54) is 6.07 Å². The van der Waals surface area contributed by atoms with Gasteiger partial charge < -0.3 is 9.52 Å². The number of aliphatic carboxylic acids is 1. The monoisotopic (exact) mass is 332 g/mol. The third kappa shape index (κ3) is 2.88. The van der Waals surface area contributed by atoms with Crippen LogP contribution in [0.3, 0.4) is 0 Å². The molecule has 1 aromatic heterocycles. The third-order valence-corrected chi connectivity index (χ3v) is 3.37. The van der Waals surface area contributed by atoms with Crippen molar-refractivity contribution in [3.63, 3.8) is 0 Å². The molecule has 0 radical (unpaired) electrons. The smallest absolute Gasteiger partial charge is 0.314 e. The second kappa shape index (κ2) is 5.49. The Kier molecular flexibility index (Phi) is 3.97. The van der Waals surface area contributed by atoms with E-state index in [9.17, 15) is 9.18 Å². The van der Waals surface area contributed by atoms with Gasteiger partial charge in [0.1, 0.15) is 11.6 Å². The summed E-state index contributed by atoms with van der Waals surface area (Å²) in [6.45, 7) is 0. The molecule has 94 valence electrons. The summed E-state index contributed by atoms with van der Waals surface area (Å²) >= 11 is 4.06. The summed E-state index contributed by atoms with van der Waals surface area (Å²) in [5.74, 6) is -1.68. The fourth-order valence-corrected chi connectivity index (χ4v) is 2.19. The maximum atomic E-state index is 13.6. The number of hydrogen-bond donors (Lipinski definition) is 1. The number of hydrogen-bond acceptors (Lipinski definition) is 5. The van der Waals surface area contributed by atoms with Crippen LogP contribution in [-0.4, -0.2) is 27.0 Å². The topological polar surface area (TPSA) is 76.2 Å². The van der Waals surface area contributed by atoms with Crippen molar-refractivity contribution in [1.29, 1.82) is 0 Å². The summed E-state index contributed by atoms with van der Waals surface area (Å²) < 4.78 is 19.3. The van der Waals surface area contributed by atoms with Crippen molar-refractivity contribution in [3.05, 3.63) is 28.5 Å². The van der Waals surface area contributed by atoms with Gasteiger partial charge in [0.15, 0.2) is 0 Å². The number of thioether (sulfide) groups is 1. The highest BCUT2D eigenvalue weighted by Gasteiger charge is 2.16. The molecule has 0 fully saturated rings. The zero-order valence-corrected chi connectivity index (χ0v) is 11.2. The van der Waals surface area contributed by atoms with E-state index < -0.39 is 11.8 Å².